The number of carbonyl (C=O) groups is 1. The van der Waals surface area contributed by atoms with Crippen LogP contribution in [0.3, 0.4) is 0 Å². The average molecular weight is 268 g/mol. The van der Waals surface area contributed by atoms with Gasteiger partial charge >= 0.3 is 0 Å². The monoisotopic (exact) mass is 268 g/mol. The average Bonchev–Trinajstić information content (AvgIpc) is 2.71. The molecular weight excluding hydrogens is 250 g/mol. The van der Waals surface area contributed by atoms with Crippen LogP contribution in [0.15, 0.2) is 18.2 Å². The second-order valence-corrected chi connectivity index (χ2v) is 5.11. The van der Waals surface area contributed by atoms with Crippen LogP contribution in [0.2, 0.25) is 0 Å². The van der Waals surface area contributed by atoms with Gasteiger partial charge in [-0.15, -0.1) is 0 Å². The first kappa shape index (κ1) is 13.9. The van der Waals surface area contributed by atoms with E-state index in [-0.39, 0.29) is 24.4 Å². The van der Waals surface area contributed by atoms with Crippen LogP contribution < -0.4 is 11.1 Å². The van der Waals surface area contributed by atoms with Gasteiger partial charge in [-0.3, -0.25) is 4.79 Å². The lowest BCUT2D eigenvalue weighted by molar-refractivity contribution is -0.122. The predicted octanol–water partition coefficient (Wildman–Crippen LogP) is 2.10. The molecule has 0 heterocycles. The lowest BCUT2D eigenvalue weighted by Crippen LogP contribution is -2.31. The maximum absolute atomic E-state index is 13.0. The van der Waals surface area contributed by atoms with Crippen LogP contribution >= 0.6 is 0 Å². The van der Waals surface area contributed by atoms with Crippen molar-refractivity contribution in [3.8, 4) is 0 Å². The molecule has 1 aromatic rings. The minimum Gasteiger partial charge on any atom is -0.352 e. The molecule has 2 atom stereocenters. The zero-order chi connectivity index (χ0) is 13.8. The van der Waals surface area contributed by atoms with E-state index < -0.39 is 11.6 Å². The molecule has 3 nitrogen and oxygen atoms in total. The quantitative estimate of drug-likeness (QED) is 0.878. The Morgan fingerprint density at radius 3 is 2.53 bits per heavy atom. The fourth-order valence-corrected chi connectivity index (χ4v) is 2.54. The number of nitrogens with two attached hydrogens (primary N) is 1. The molecule has 0 aliphatic heterocycles. The summed E-state index contributed by atoms with van der Waals surface area (Å²) in [6.45, 7) is 0.134. The van der Waals surface area contributed by atoms with Gasteiger partial charge in [0.15, 0.2) is 0 Å². The third-order valence-electron chi connectivity index (χ3n) is 3.58. The minimum absolute atomic E-state index is 0.0948. The number of amides is 1. The summed E-state index contributed by atoms with van der Waals surface area (Å²) in [7, 11) is 0. The Bertz CT molecular complexity index is 445. The predicted molar refractivity (Wildman–Crippen MR) is 68.1 cm³/mol. The smallest absolute Gasteiger partial charge is 0.220 e. The molecule has 1 aliphatic carbocycles. The van der Waals surface area contributed by atoms with Crippen molar-refractivity contribution in [3.63, 3.8) is 0 Å². The Morgan fingerprint density at radius 1 is 1.26 bits per heavy atom. The Labute approximate surface area is 111 Å². The van der Waals surface area contributed by atoms with Crippen molar-refractivity contribution in [2.45, 2.75) is 38.3 Å². The molecule has 1 saturated carbocycles. The van der Waals surface area contributed by atoms with E-state index in [4.69, 9.17) is 5.73 Å². The first-order chi connectivity index (χ1) is 9.04. The van der Waals surface area contributed by atoms with Gasteiger partial charge in [-0.25, -0.2) is 8.78 Å². The van der Waals surface area contributed by atoms with Crippen LogP contribution in [0.5, 0.6) is 0 Å². The molecule has 1 amide bonds. The van der Waals surface area contributed by atoms with Gasteiger partial charge in [0.2, 0.25) is 5.91 Å². The number of hydrogen-bond donors (Lipinski definition) is 2. The highest BCUT2D eigenvalue weighted by molar-refractivity contribution is 5.76. The van der Waals surface area contributed by atoms with Gasteiger partial charge in [0.05, 0.1) is 0 Å². The van der Waals surface area contributed by atoms with Gasteiger partial charge in [0.1, 0.15) is 11.6 Å². The van der Waals surface area contributed by atoms with Crippen molar-refractivity contribution >= 4 is 5.91 Å². The molecule has 1 aliphatic rings. The zero-order valence-electron chi connectivity index (χ0n) is 10.7. The van der Waals surface area contributed by atoms with Crippen molar-refractivity contribution in [2.75, 3.05) is 0 Å². The third kappa shape index (κ3) is 3.99. The van der Waals surface area contributed by atoms with Crippen molar-refractivity contribution < 1.29 is 13.6 Å². The second-order valence-electron chi connectivity index (χ2n) is 5.11. The maximum Gasteiger partial charge on any atom is 0.220 e. The Morgan fingerprint density at radius 2 is 1.95 bits per heavy atom. The van der Waals surface area contributed by atoms with Crippen LogP contribution in [0.4, 0.5) is 8.78 Å². The molecule has 0 bridgehead atoms. The maximum atomic E-state index is 13.0. The van der Waals surface area contributed by atoms with Crippen molar-refractivity contribution in [1.82, 2.24) is 5.32 Å². The number of rotatable bonds is 4. The van der Waals surface area contributed by atoms with Gasteiger partial charge in [0, 0.05) is 25.1 Å². The highest BCUT2D eigenvalue weighted by Crippen LogP contribution is 2.26. The number of benzene rings is 1. The van der Waals surface area contributed by atoms with Crippen molar-refractivity contribution in [2.24, 2.45) is 11.7 Å². The summed E-state index contributed by atoms with van der Waals surface area (Å²) in [5, 5.41) is 2.67. The molecule has 0 saturated heterocycles. The first-order valence-corrected chi connectivity index (χ1v) is 6.52. The second kappa shape index (κ2) is 6.10. The molecule has 104 valence electrons. The number of carbonyl (C=O) groups excluding carboxylic acids is 1. The van der Waals surface area contributed by atoms with Crippen molar-refractivity contribution in [3.05, 3.63) is 35.4 Å². The lowest BCUT2D eigenvalue weighted by atomic mass is 10.00. The van der Waals surface area contributed by atoms with E-state index >= 15 is 0 Å². The fourth-order valence-electron chi connectivity index (χ4n) is 2.54. The third-order valence-corrected chi connectivity index (χ3v) is 3.58. The highest BCUT2D eigenvalue weighted by Gasteiger charge is 2.25. The van der Waals surface area contributed by atoms with Crippen LogP contribution in [0, 0.1) is 17.6 Å². The van der Waals surface area contributed by atoms with E-state index in [1.807, 2.05) is 0 Å². The first-order valence-electron chi connectivity index (χ1n) is 6.52. The van der Waals surface area contributed by atoms with E-state index in [1.54, 1.807) is 0 Å². The molecule has 1 fully saturated rings. The number of hydrogen-bond acceptors (Lipinski definition) is 2. The van der Waals surface area contributed by atoms with E-state index in [2.05, 4.69) is 5.32 Å². The topological polar surface area (TPSA) is 55.1 Å². The Balaban J connectivity index is 1.83. The van der Waals surface area contributed by atoms with E-state index in [1.165, 1.54) is 12.1 Å². The molecule has 0 aromatic heterocycles. The largest absolute Gasteiger partial charge is 0.352 e. The number of nitrogens with one attached hydrogen (secondary N) is 1. The SMILES string of the molecule is N[C@@H]1CCC[C@H]1CC(=O)NCc1cc(F)cc(F)c1. The van der Waals surface area contributed by atoms with E-state index in [0.29, 0.717) is 12.0 Å². The van der Waals surface area contributed by atoms with E-state index in [0.717, 1.165) is 25.3 Å². The normalized spacial score (nSPS) is 22.5. The van der Waals surface area contributed by atoms with Gasteiger partial charge in [-0.1, -0.05) is 6.42 Å². The van der Waals surface area contributed by atoms with Gasteiger partial charge < -0.3 is 11.1 Å². The summed E-state index contributed by atoms with van der Waals surface area (Å²) >= 11 is 0. The minimum atomic E-state index is -0.637. The Kier molecular flexibility index (Phi) is 4.47. The standard InChI is InChI=1S/C14H18F2N2O/c15-11-4-9(5-12(16)7-11)8-18-14(19)6-10-2-1-3-13(10)17/h4-5,7,10,13H,1-3,6,8,17H2,(H,18,19)/t10-,13+/m0/s1. The molecule has 19 heavy (non-hydrogen) atoms. The van der Waals surface area contributed by atoms with Gasteiger partial charge in [0.25, 0.3) is 0 Å². The summed E-state index contributed by atoms with van der Waals surface area (Å²) in [5.74, 6) is -1.17. The molecule has 0 unspecified atom stereocenters. The molecule has 0 spiro atoms. The molecule has 0 radical (unpaired) electrons. The van der Waals surface area contributed by atoms with E-state index in [9.17, 15) is 13.6 Å². The number of halogens is 2. The summed E-state index contributed by atoms with van der Waals surface area (Å²) in [6, 6.07) is 3.33. The molecular formula is C14H18F2N2O. The van der Waals surface area contributed by atoms with Crippen LogP contribution in [-0.2, 0) is 11.3 Å². The fraction of sp³-hybridized carbons (Fsp3) is 0.500. The summed E-state index contributed by atoms with van der Waals surface area (Å²) in [6.07, 6.45) is 3.39. The van der Waals surface area contributed by atoms with Crippen LogP contribution in [0.1, 0.15) is 31.2 Å². The molecule has 2 rings (SSSR count). The summed E-state index contributed by atoms with van der Waals surface area (Å²) in [4.78, 5) is 11.7. The van der Waals surface area contributed by atoms with Crippen LogP contribution in [-0.4, -0.2) is 11.9 Å². The Hall–Kier alpha value is -1.49. The summed E-state index contributed by atoms with van der Waals surface area (Å²) < 4.78 is 25.9. The lowest BCUT2D eigenvalue weighted by Gasteiger charge is -2.14. The zero-order valence-corrected chi connectivity index (χ0v) is 10.7. The van der Waals surface area contributed by atoms with Crippen LogP contribution in [0.25, 0.3) is 0 Å². The highest BCUT2D eigenvalue weighted by atomic mass is 19.1. The van der Waals surface area contributed by atoms with Crippen molar-refractivity contribution in [1.29, 1.82) is 0 Å². The molecule has 1 aromatic carbocycles. The molecule has 5 heteroatoms. The van der Waals surface area contributed by atoms with Gasteiger partial charge in [-0.05, 0) is 36.5 Å². The van der Waals surface area contributed by atoms with Gasteiger partial charge in [-0.2, -0.15) is 0 Å². The molecule has 3 N–H and O–H groups in total. The summed E-state index contributed by atoms with van der Waals surface area (Å²) in [5.41, 5.74) is 6.31.